The summed E-state index contributed by atoms with van der Waals surface area (Å²) in [5.41, 5.74) is -6.81. The van der Waals surface area contributed by atoms with E-state index >= 15 is 0 Å². The molecule has 0 fully saturated rings. The van der Waals surface area contributed by atoms with Gasteiger partial charge in [-0.25, -0.2) is 0 Å². The molecule has 20 heteroatoms. The number of alkyl halides is 12. The van der Waals surface area contributed by atoms with Crippen LogP contribution in [-0.4, -0.2) is 64.5 Å². The van der Waals surface area contributed by atoms with E-state index in [0.29, 0.717) is 0 Å². The van der Waals surface area contributed by atoms with Crippen molar-refractivity contribution in [2.24, 2.45) is 0 Å². The zero-order valence-electron chi connectivity index (χ0n) is 9.89. The first-order valence-electron chi connectivity index (χ1n) is 4.43. The SMILES string of the molecule is O=S(=O)(OS(=O)(=O)C(F)(F)C(F)(F)C(F)(F)C(F)(F)F)C(F)(F)F.[LiH]. The molecular weight excluding hydrogens is 439 g/mol. The van der Waals surface area contributed by atoms with Gasteiger partial charge in [-0.1, -0.05) is 0 Å². The van der Waals surface area contributed by atoms with Gasteiger partial charge in [0.25, 0.3) is 0 Å². The standard InChI is InChI=1S/C5F12O5S2.Li.H/c6-1(7,3(10,11)12)2(8,9)4(13,14)23(18,19)22-24(20,21)5(15,16)17;;. The van der Waals surface area contributed by atoms with E-state index in [4.69, 9.17) is 0 Å². The number of hydrogen-bond donors (Lipinski definition) is 0. The quantitative estimate of drug-likeness (QED) is 0.371. The Kier molecular flexibility index (Phi) is 7.14. The van der Waals surface area contributed by atoms with Crippen LogP contribution in [0.15, 0.2) is 0 Å². The van der Waals surface area contributed by atoms with Crippen LogP contribution in [-0.2, 0) is 23.9 Å². The van der Waals surface area contributed by atoms with E-state index in [2.05, 4.69) is 0 Å². The van der Waals surface area contributed by atoms with E-state index in [1.807, 2.05) is 0 Å². The van der Waals surface area contributed by atoms with Crippen LogP contribution in [0.5, 0.6) is 0 Å². The van der Waals surface area contributed by atoms with E-state index < -0.39 is 49.0 Å². The summed E-state index contributed by atoms with van der Waals surface area (Å²) < 4.78 is 189. The normalized spacial score (nSPS) is 15.7. The van der Waals surface area contributed by atoms with E-state index in [9.17, 15) is 69.5 Å². The Morgan fingerprint density at radius 1 is 0.560 bits per heavy atom. The Morgan fingerprint density at radius 3 is 1.12 bits per heavy atom. The first kappa shape index (κ1) is 26.8. The fraction of sp³-hybridized carbons (Fsp3) is 1.00. The summed E-state index contributed by atoms with van der Waals surface area (Å²) in [6.45, 7) is 0. The van der Waals surface area contributed by atoms with Crippen LogP contribution in [0.25, 0.3) is 0 Å². The molecule has 0 unspecified atom stereocenters. The number of hydrogen-bond acceptors (Lipinski definition) is 5. The van der Waals surface area contributed by atoms with Gasteiger partial charge in [0.15, 0.2) is 0 Å². The van der Waals surface area contributed by atoms with Gasteiger partial charge >= 0.3 is 67.9 Å². The maximum atomic E-state index is 12.8. The van der Waals surface area contributed by atoms with Crippen molar-refractivity contribution in [3.05, 3.63) is 0 Å². The van der Waals surface area contributed by atoms with Gasteiger partial charge in [-0.15, -0.1) is 3.63 Å². The molecule has 0 amide bonds. The maximum absolute atomic E-state index is 12.8. The van der Waals surface area contributed by atoms with Crippen molar-refractivity contribution in [2.75, 3.05) is 0 Å². The van der Waals surface area contributed by atoms with Gasteiger partial charge in [0.2, 0.25) is 0 Å². The molecule has 0 aromatic heterocycles. The summed E-state index contributed by atoms with van der Waals surface area (Å²) >= 11 is 0. The molecule has 148 valence electrons. The summed E-state index contributed by atoms with van der Waals surface area (Å²) in [5, 5.41) is -7.72. The summed E-state index contributed by atoms with van der Waals surface area (Å²) in [6, 6.07) is 0. The predicted octanol–water partition coefficient (Wildman–Crippen LogP) is 1.96. The second-order valence-electron chi connectivity index (χ2n) is 3.59. The van der Waals surface area contributed by atoms with Crippen LogP contribution >= 0.6 is 0 Å². The van der Waals surface area contributed by atoms with Crippen LogP contribution in [0.1, 0.15) is 0 Å². The molecule has 0 saturated heterocycles. The Morgan fingerprint density at radius 2 is 0.880 bits per heavy atom. The van der Waals surface area contributed by atoms with Gasteiger partial charge in [-0.05, 0) is 0 Å². The Balaban J connectivity index is 0. The van der Waals surface area contributed by atoms with Crippen LogP contribution < -0.4 is 0 Å². The molecule has 0 N–H and O–H groups in total. The van der Waals surface area contributed by atoms with Crippen molar-refractivity contribution in [3.63, 3.8) is 0 Å². The average molecular weight is 440 g/mol. The first-order valence-corrected chi connectivity index (χ1v) is 7.24. The second-order valence-corrected chi connectivity index (χ2v) is 6.92. The molecule has 0 aromatic rings. The van der Waals surface area contributed by atoms with E-state index in [-0.39, 0.29) is 18.9 Å². The Labute approximate surface area is 141 Å². The van der Waals surface area contributed by atoms with Crippen molar-refractivity contribution in [1.82, 2.24) is 0 Å². The van der Waals surface area contributed by atoms with E-state index in [1.54, 1.807) is 3.63 Å². The molecule has 0 aliphatic heterocycles. The van der Waals surface area contributed by atoms with Crippen molar-refractivity contribution in [3.8, 4) is 0 Å². The molecule has 0 atom stereocenters. The predicted molar refractivity (Wildman–Crippen MR) is 53.0 cm³/mol. The van der Waals surface area contributed by atoms with Crippen LogP contribution in [0.2, 0.25) is 0 Å². The second kappa shape index (κ2) is 6.65. The fourth-order valence-corrected chi connectivity index (χ4v) is 2.75. The van der Waals surface area contributed by atoms with Gasteiger partial charge < -0.3 is 0 Å². The molecule has 0 aliphatic rings. The van der Waals surface area contributed by atoms with E-state index in [1.165, 1.54) is 0 Å². The topological polar surface area (TPSA) is 77.5 Å². The van der Waals surface area contributed by atoms with Crippen LogP contribution in [0.3, 0.4) is 0 Å². The first-order chi connectivity index (χ1) is 9.96. The van der Waals surface area contributed by atoms with Gasteiger partial charge in [-0.3, -0.25) is 0 Å². The molecule has 0 aromatic carbocycles. The molecule has 0 radical (unpaired) electrons. The molecule has 0 heterocycles. The summed E-state index contributed by atoms with van der Waals surface area (Å²) in [7, 11) is -15.8. The molecule has 0 rings (SSSR count). The summed E-state index contributed by atoms with van der Waals surface area (Å²) in [4.78, 5) is 0. The van der Waals surface area contributed by atoms with Crippen molar-refractivity contribution in [1.29, 1.82) is 0 Å². The zero-order chi connectivity index (χ0) is 20.2. The third-order valence-corrected chi connectivity index (χ3v) is 4.78. The molecular formula is C5HF12LiO5S2. The molecule has 0 spiro atoms. The van der Waals surface area contributed by atoms with Gasteiger partial charge in [0, 0.05) is 0 Å². The minimum absolute atomic E-state index is 0. The molecule has 5 nitrogen and oxygen atoms in total. The monoisotopic (exact) mass is 440 g/mol. The average Bonchev–Trinajstić information content (AvgIpc) is 2.23. The van der Waals surface area contributed by atoms with Crippen LogP contribution in [0.4, 0.5) is 52.7 Å². The summed E-state index contributed by atoms with van der Waals surface area (Å²) in [6.07, 6.45) is -7.49. The number of halogens is 12. The fourth-order valence-electron chi connectivity index (χ4n) is 0.717. The zero-order valence-corrected chi connectivity index (χ0v) is 11.5. The summed E-state index contributed by atoms with van der Waals surface area (Å²) in [5.74, 6) is -15.7. The van der Waals surface area contributed by atoms with Crippen molar-refractivity contribution >= 4 is 39.1 Å². The molecule has 0 aliphatic carbocycles. The third kappa shape index (κ3) is 4.31. The molecule has 0 bridgehead atoms. The van der Waals surface area contributed by atoms with Gasteiger partial charge in [0.05, 0.1) is 0 Å². The Hall–Kier alpha value is -0.383. The van der Waals surface area contributed by atoms with Crippen molar-refractivity contribution < 1.29 is 73.1 Å². The minimum atomic E-state index is -8.17. The van der Waals surface area contributed by atoms with Gasteiger partial charge in [-0.2, -0.15) is 69.5 Å². The van der Waals surface area contributed by atoms with E-state index in [0.717, 1.165) is 0 Å². The molecule has 25 heavy (non-hydrogen) atoms. The van der Waals surface area contributed by atoms with Crippen LogP contribution in [0, 0.1) is 0 Å². The Bertz CT molecular complexity index is 688. The molecule has 0 saturated carbocycles. The number of rotatable bonds is 5. The van der Waals surface area contributed by atoms with Crippen molar-refractivity contribution in [2.45, 2.75) is 28.8 Å². The van der Waals surface area contributed by atoms with Gasteiger partial charge in [0.1, 0.15) is 0 Å². The third-order valence-electron chi connectivity index (χ3n) is 1.89.